The second kappa shape index (κ2) is 8.94. The first-order chi connectivity index (χ1) is 23.9. The van der Waals surface area contributed by atoms with E-state index in [1.54, 1.807) is 48.8 Å². The molecule has 4 nitrogen and oxygen atoms in total. The molecule has 0 N–H and O–H groups in total. The number of anilines is 2. The first kappa shape index (κ1) is 10.6. The fraction of sp³-hybridized carbons (Fsp3) is 0.250. The lowest BCUT2D eigenvalue weighted by atomic mass is 9.96. The van der Waals surface area contributed by atoms with Crippen molar-refractivity contribution in [2.45, 2.75) is 25.5 Å². The van der Waals surface area contributed by atoms with Gasteiger partial charge in [-0.2, -0.15) is 0 Å². The van der Waals surface area contributed by atoms with Gasteiger partial charge in [-0.15, -0.1) is 0 Å². The summed E-state index contributed by atoms with van der Waals surface area (Å²) in [6.45, 7) is -12.0. The molecule has 2 aliphatic rings. The Labute approximate surface area is 234 Å². The number of hydrogen-bond donors (Lipinski definition) is 0. The number of nitrogens with zero attached hydrogens (tertiary/aromatic N) is 4. The number of benzene rings is 3. The maximum atomic E-state index is 8.35. The van der Waals surface area contributed by atoms with E-state index in [4.69, 9.17) is 21.9 Å². The molecule has 4 heterocycles. The van der Waals surface area contributed by atoms with Crippen LogP contribution in [0.2, 0.25) is 0 Å². The van der Waals surface area contributed by atoms with Crippen LogP contribution in [0.4, 0.5) is 11.4 Å². The molecule has 0 aliphatic carbocycles. The average Bonchev–Trinajstić information content (AvgIpc) is 3.19. The zero-order valence-electron chi connectivity index (χ0n) is 34.9. The van der Waals surface area contributed by atoms with E-state index >= 15 is 0 Å². The quantitative estimate of drug-likeness (QED) is 0.249. The lowest BCUT2D eigenvalue weighted by Gasteiger charge is -2.18. The molecule has 2 saturated heterocycles. The number of hydrogen-bond acceptors (Lipinski definition) is 4. The minimum Gasteiger partial charge on any atom is -0.372 e. The van der Waals surface area contributed by atoms with Crippen molar-refractivity contribution in [3.63, 3.8) is 0 Å². The van der Waals surface area contributed by atoms with Gasteiger partial charge in [-0.25, -0.2) is 0 Å². The van der Waals surface area contributed by atoms with Gasteiger partial charge >= 0.3 is 0 Å². The molecular weight excluding hydrogens is 440 g/mol. The summed E-state index contributed by atoms with van der Waals surface area (Å²) >= 11 is 0. The highest BCUT2D eigenvalue weighted by molar-refractivity contribution is 6.11. The van der Waals surface area contributed by atoms with Crippen molar-refractivity contribution in [2.24, 2.45) is 0 Å². The van der Waals surface area contributed by atoms with Crippen LogP contribution in [0.1, 0.15) is 47.4 Å². The van der Waals surface area contributed by atoms with E-state index in [0.29, 0.717) is 53.9 Å². The molecule has 2 aromatic heterocycles. The normalized spacial score (nSPS) is 33.7. The first-order valence-electron chi connectivity index (χ1n) is 19.4. The average molecular weight is 487 g/mol. The Bertz CT molecular complexity index is 2030. The van der Waals surface area contributed by atoms with Crippen molar-refractivity contribution < 1.29 is 21.9 Å². The van der Waals surface area contributed by atoms with Gasteiger partial charge in [0.2, 0.25) is 0 Å². The topological polar surface area (TPSA) is 32.3 Å². The number of aromatic nitrogens is 2. The molecule has 0 saturated carbocycles. The van der Waals surface area contributed by atoms with E-state index in [1.807, 2.05) is 12.1 Å². The lowest BCUT2D eigenvalue weighted by molar-refractivity contribution is 0.949. The molecule has 4 heteroatoms. The summed E-state index contributed by atoms with van der Waals surface area (Å²) in [7, 11) is 0. The Balaban J connectivity index is 1.25. The van der Waals surface area contributed by atoms with Crippen LogP contribution in [0.25, 0.3) is 44.1 Å². The molecule has 36 heavy (non-hydrogen) atoms. The van der Waals surface area contributed by atoms with Gasteiger partial charge in [-0.05, 0) is 84.1 Å². The third kappa shape index (κ3) is 3.69. The Kier molecular flexibility index (Phi) is 2.63. The molecular formula is C32H30N4. The summed E-state index contributed by atoms with van der Waals surface area (Å²) in [5, 5.41) is 1.40. The van der Waals surface area contributed by atoms with Gasteiger partial charge < -0.3 is 9.80 Å². The van der Waals surface area contributed by atoms with Crippen molar-refractivity contribution in [1.29, 1.82) is 0 Å². The summed E-state index contributed by atoms with van der Waals surface area (Å²) < 4.78 is 132. The summed E-state index contributed by atoms with van der Waals surface area (Å²) in [6, 6.07) is 19.3. The standard InChI is InChI=1S/C32H30N4/c1-2-20-35(19-1)25-9-5-23(6-10-25)27-15-17-33-31-29(27)13-14-30-28(16-18-34-32(30)31)24-7-11-26(12-8-24)36-21-3-4-22-36/h5-18H,1-4,19-22H2/i1D2,2D2,3D2,4D2,19D2,20D2,21D2,22D2. The van der Waals surface area contributed by atoms with Crippen LogP contribution in [-0.4, -0.2) is 36.0 Å². The van der Waals surface area contributed by atoms with Crippen LogP contribution in [-0.2, 0) is 0 Å². The molecule has 178 valence electrons. The molecule has 5 aromatic rings. The van der Waals surface area contributed by atoms with E-state index in [1.165, 1.54) is 24.3 Å². The van der Waals surface area contributed by atoms with Gasteiger partial charge in [0.25, 0.3) is 0 Å². The van der Waals surface area contributed by atoms with E-state index in [-0.39, 0.29) is 11.4 Å². The minimum atomic E-state index is -3.16. The van der Waals surface area contributed by atoms with Crippen molar-refractivity contribution in [1.82, 2.24) is 9.97 Å². The molecule has 2 fully saturated rings. The second-order valence-corrected chi connectivity index (χ2v) is 8.29. The van der Waals surface area contributed by atoms with E-state index in [2.05, 4.69) is 9.97 Å². The minimum absolute atomic E-state index is 0.0421. The van der Waals surface area contributed by atoms with Crippen LogP contribution >= 0.6 is 0 Å². The van der Waals surface area contributed by atoms with Gasteiger partial charge in [-0.3, -0.25) is 9.97 Å². The SMILES string of the molecule is [2H]C1([2H])N(c2ccc(-c3ccnc4c3ccc3c(-c5ccc(N6C([2H])([2H])C([2H])([2H])C([2H])([2H])C6([2H])[2H])cc5)ccnc34)cc2)C([2H])([2H])C([2H])([2H])C1([2H])[2H]. The summed E-state index contributed by atoms with van der Waals surface area (Å²) in [6.07, 6.45) is -9.46. The Morgan fingerprint density at radius 1 is 0.500 bits per heavy atom. The molecule has 3 aromatic carbocycles. The van der Waals surface area contributed by atoms with Gasteiger partial charge in [0, 0.05) is 82.5 Å². The predicted octanol–water partition coefficient (Wildman–Crippen LogP) is 7.32. The van der Waals surface area contributed by atoms with Crippen LogP contribution < -0.4 is 9.80 Å². The van der Waals surface area contributed by atoms with E-state index in [9.17, 15) is 0 Å². The molecule has 0 spiro atoms. The van der Waals surface area contributed by atoms with E-state index in [0.717, 1.165) is 0 Å². The Morgan fingerprint density at radius 2 is 0.889 bits per heavy atom. The highest BCUT2D eigenvalue weighted by Crippen LogP contribution is 2.36. The van der Waals surface area contributed by atoms with Gasteiger partial charge in [-0.1, -0.05) is 36.4 Å². The van der Waals surface area contributed by atoms with Crippen molar-refractivity contribution in [3.8, 4) is 22.3 Å². The number of pyridine rings is 2. The van der Waals surface area contributed by atoms with Crippen molar-refractivity contribution in [3.05, 3.63) is 85.2 Å². The fourth-order valence-electron chi connectivity index (χ4n) is 4.56. The maximum Gasteiger partial charge on any atom is 0.0970 e. The summed E-state index contributed by atoms with van der Waals surface area (Å²) in [5.41, 5.74) is 3.69. The third-order valence-electron chi connectivity index (χ3n) is 6.29. The van der Waals surface area contributed by atoms with Crippen LogP contribution in [0, 0.1) is 0 Å². The molecule has 0 amide bonds. The molecule has 0 bridgehead atoms. The molecule has 7 rings (SSSR count). The highest BCUT2D eigenvalue weighted by Gasteiger charge is 2.15. The third-order valence-corrected chi connectivity index (χ3v) is 6.29. The maximum absolute atomic E-state index is 8.35. The van der Waals surface area contributed by atoms with E-state index < -0.39 is 51.5 Å². The van der Waals surface area contributed by atoms with Crippen molar-refractivity contribution >= 4 is 33.2 Å². The highest BCUT2D eigenvalue weighted by atomic mass is 15.1. The Hall–Kier alpha value is -3.92. The number of rotatable bonds is 4. The van der Waals surface area contributed by atoms with Gasteiger partial charge in [0.15, 0.2) is 0 Å². The summed E-state index contributed by atoms with van der Waals surface area (Å²) in [5.74, 6) is 0. The first-order valence-corrected chi connectivity index (χ1v) is 11.4. The van der Waals surface area contributed by atoms with Gasteiger partial charge in [0.05, 0.1) is 11.0 Å². The molecule has 0 unspecified atom stereocenters. The molecule has 0 radical (unpaired) electrons. The van der Waals surface area contributed by atoms with Gasteiger partial charge in [0.1, 0.15) is 0 Å². The largest absolute Gasteiger partial charge is 0.372 e. The Morgan fingerprint density at radius 3 is 1.28 bits per heavy atom. The van der Waals surface area contributed by atoms with Crippen LogP contribution in [0.3, 0.4) is 0 Å². The zero-order chi connectivity index (χ0) is 38.2. The van der Waals surface area contributed by atoms with Crippen LogP contribution in [0.15, 0.2) is 85.2 Å². The predicted molar refractivity (Wildman–Crippen MR) is 151 cm³/mol. The molecule has 0 atom stereocenters. The van der Waals surface area contributed by atoms with Crippen LogP contribution in [0.5, 0.6) is 0 Å². The number of fused-ring (bicyclic) bond motifs is 3. The summed E-state index contributed by atoms with van der Waals surface area (Å²) in [4.78, 5) is 10.2. The fourth-order valence-corrected chi connectivity index (χ4v) is 4.56. The zero-order valence-corrected chi connectivity index (χ0v) is 18.9. The monoisotopic (exact) mass is 486 g/mol. The second-order valence-electron chi connectivity index (χ2n) is 8.29. The lowest BCUT2D eigenvalue weighted by Crippen LogP contribution is -2.17. The molecule has 2 aliphatic heterocycles. The smallest absolute Gasteiger partial charge is 0.0970 e. The van der Waals surface area contributed by atoms with Crippen molar-refractivity contribution in [2.75, 3.05) is 35.8 Å².